The molecule has 0 fully saturated rings. The first-order valence-electron chi connectivity index (χ1n) is 10.9. The fourth-order valence-corrected chi connectivity index (χ4v) is 3.77. The predicted molar refractivity (Wildman–Crippen MR) is 131 cm³/mol. The largest absolute Gasteiger partial charge is 0.492 e. The average molecular weight is 481 g/mol. The van der Waals surface area contributed by atoms with Gasteiger partial charge in [-0.05, 0) is 55.8 Å². The number of hydrogen-bond donors (Lipinski definition) is 1. The zero-order valence-electron chi connectivity index (χ0n) is 18.9. The maximum absolute atomic E-state index is 12.7. The van der Waals surface area contributed by atoms with Crippen LogP contribution in [-0.2, 0) is 9.59 Å². The number of aryl methyl sites for hydroxylation is 1. The van der Waals surface area contributed by atoms with Gasteiger partial charge in [-0.15, -0.1) is 0 Å². The third-order valence-electron chi connectivity index (χ3n) is 5.22. The lowest BCUT2D eigenvalue weighted by atomic mass is 10.1. The minimum atomic E-state index is -0.652. The van der Waals surface area contributed by atoms with Gasteiger partial charge in [0.05, 0.1) is 17.3 Å². The van der Waals surface area contributed by atoms with Crippen molar-refractivity contribution < 1.29 is 23.8 Å². The molecule has 0 saturated heterocycles. The molecule has 34 heavy (non-hydrogen) atoms. The first kappa shape index (κ1) is 23.4. The Labute approximate surface area is 203 Å². The third kappa shape index (κ3) is 5.61. The molecule has 1 N–H and O–H groups in total. The van der Waals surface area contributed by atoms with Crippen LogP contribution in [0.3, 0.4) is 0 Å². The van der Waals surface area contributed by atoms with Crippen LogP contribution in [0.4, 0.5) is 11.4 Å². The van der Waals surface area contributed by atoms with E-state index in [1.54, 1.807) is 54.3 Å². The lowest BCUT2D eigenvalue weighted by Gasteiger charge is -2.33. The van der Waals surface area contributed by atoms with Crippen molar-refractivity contribution in [1.82, 2.24) is 0 Å². The maximum Gasteiger partial charge on any atom is 0.267 e. The summed E-state index contributed by atoms with van der Waals surface area (Å²) in [6.07, 6.45) is -0.652. The van der Waals surface area contributed by atoms with Crippen LogP contribution in [0.2, 0.25) is 5.02 Å². The molecule has 1 aliphatic rings. The van der Waals surface area contributed by atoms with Gasteiger partial charge in [-0.3, -0.25) is 9.59 Å². The summed E-state index contributed by atoms with van der Waals surface area (Å²) in [7, 11) is 0. The van der Waals surface area contributed by atoms with Gasteiger partial charge in [-0.1, -0.05) is 35.9 Å². The van der Waals surface area contributed by atoms with E-state index in [4.69, 9.17) is 25.8 Å². The Balaban J connectivity index is 1.39. The van der Waals surface area contributed by atoms with E-state index in [-0.39, 0.29) is 18.4 Å². The molecule has 1 atom stereocenters. The number of hydrogen-bond acceptors (Lipinski definition) is 5. The van der Waals surface area contributed by atoms with Gasteiger partial charge in [0.25, 0.3) is 11.8 Å². The lowest BCUT2D eigenvalue weighted by molar-refractivity contribution is -0.125. The highest BCUT2D eigenvalue weighted by Gasteiger charge is 2.31. The van der Waals surface area contributed by atoms with Crippen molar-refractivity contribution >= 4 is 34.8 Å². The number of anilines is 2. The fourth-order valence-electron chi connectivity index (χ4n) is 3.58. The average Bonchev–Trinajstić information content (AvgIpc) is 2.81. The molecule has 1 unspecified atom stereocenters. The van der Waals surface area contributed by atoms with Gasteiger partial charge in [0.2, 0.25) is 0 Å². The molecule has 0 aliphatic carbocycles. The molecule has 0 bridgehead atoms. The first-order chi connectivity index (χ1) is 16.4. The zero-order chi connectivity index (χ0) is 24.1. The highest BCUT2D eigenvalue weighted by molar-refractivity contribution is 6.32. The number of nitrogens with one attached hydrogen (secondary N) is 1. The van der Waals surface area contributed by atoms with Gasteiger partial charge in [0.15, 0.2) is 12.7 Å². The molecule has 7 nitrogen and oxygen atoms in total. The van der Waals surface area contributed by atoms with E-state index in [2.05, 4.69) is 5.32 Å². The molecule has 2 amide bonds. The van der Waals surface area contributed by atoms with Crippen molar-refractivity contribution in [3.63, 3.8) is 0 Å². The zero-order valence-corrected chi connectivity index (χ0v) is 19.7. The van der Waals surface area contributed by atoms with Crippen molar-refractivity contribution in [3.05, 3.63) is 77.3 Å². The number of nitrogens with zero attached hydrogens (tertiary/aromatic N) is 1. The molecular formula is C26H25ClN2O5. The molecular weight excluding hydrogens is 456 g/mol. The number of fused-ring (bicyclic) bond motifs is 1. The molecule has 0 saturated carbocycles. The van der Waals surface area contributed by atoms with Gasteiger partial charge in [-0.25, -0.2) is 0 Å². The van der Waals surface area contributed by atoms with Crippen LogP contribution in [-0.4, -0.2) is 37.7 Å². The van der Waals surface area contributed by atoms with Crippen LogP contribution in [0.5, 0.6) is 17.2 Å². The summed E-state index contributed by atoms with van der Waals surface area (Å²) >= 11 is 6.05. The molecule has 3 aromatic rings. The third-order valence-corrected chi connectivity index (χ3v) is 5.53. The number of carbonyl (C=O) groups is 2. The minimum absolute atomic E-state index is 0.148. The second-order valence-electron chi connectivity index (χ2n) is 7.86. The number of para-hydroxylation sites is 1. The molecule has 1 aliphatic heterocycles. The van der Waals surface area contributed by atoms with Crippen LogP contribution in [0, 0.1) is 6.92 Å². The summed E-state index contributed by atoms with van der Waals surface area (Å²) in [5.74, 6) is 1.20. The van der Waals surface area contributed by atoms with Crippen LogP contribution >= 0.6 is 11.6 Å². The molecule has 3 aromatic carbocycles. The number of benzene rings is 3. The molecule has 8 heteroatoms. The Morgan fingerprint density at radius 2 is 1.91 bits per heavy atom. The number of carbonyl (C=O) groups excluding carboxylic acids is 2. The van der Waals surface area contributed by atoms with E-state index in [0.29, 0.717) is 41.0 Å². The van der Waals surface area contributed by atoms with E-state index in [1.165, 1.54) is 0 Å². The van der Waals surface area contributed by atoms with E-state index >= 15 is 0 Å². The van der Waals surface area contributed by atoms with Gasteiger partial charge in [-0.2, -0.15) is 0 Å². The Bertz CT molecular complexity index is 1200. The quantitative estimate of drug-likeness (QED) is 0.498. The second kappa shape index (κ2) is 10.5. The van der Waals surface area contributed by atoms with Crippen LogP contribution in [0.1, 0.15) is 12.5 Å². The van der Waals surface area contributed by atoms with Crippen LogP contribution in [0.25, 0.3) is 0 Å². The highest BCUT2D eigenvalue weighted by Crippen LogP contribution is 2.36. The molecule has 1 heterocycles. The van der Waals surface area contributed by atoms with Crippen LogP contribution in [0.15, 0.2) is 66.7 Å². The lowest BCUT2D eigenvalue weighted by Crippen LogP contribution is -2.46. The Morgan fingerprint density at radius 1 is 1.09 bits per heavy atom. The normalized spacial score (nSPS) is 14.7. The Kier molecular flexibility index (Phi) is 7.23. The standard InChI is InChI=1S/C26H25ClN2O5/c1-17-6-5-7-20(14-17)32-13-12-29-22-11-10-19(15-24(22)34-18(2)26(29)31)28-25(30)16-33-23-9-4-3-8-21(23)27/h3-11,14-15,18H,12-13,16H2,1-2H3,(H,28,30). The Morgan fingerprint density at radius 3 is 2.71 bits per heavy atom. The molecule has 0 radical (unpaired) electrons. The van der Waals surface area contributed by atoms with E-state index < -0.39 is 6.10 Å². The van der Waals surface area contributed by atoms with E-state index in [0.717, 1.165) is 11.3 Å². The SMILES string of the molecule is Cc1cccc(OCCN2C(=O)C(C)Oc3cc(NC(=O)COc4ccccc4Cl)ccc32)c1. The minimum Gasteiger partial charge on any atom is -0.492 e. The maximum atomic E-state index is 12.7. The number of rotatable bonds is 8. The fraction of sp³-hybridized carbons (Fsp3) is 0.231. The summed E-state index contributed by atoms with van der Waals surface area (Å²) in [6.45, 7) is 4.20. The first-order valence-corrected chi connectivity index (χ1v) is 11.3. The van der Waals surface area contributed by atoms with Gasteiger partial charge in [0.1, 0.15) is 23.9 Å². The second-order valence-corrected chi connectivity index (χ2v) is 8.27. The summed E-state index contributed by atoms with van der Waals surface area (Å²) < 4.78 is 17.1. The summed E-state index contributed by atoms with van der Waals surface area (Å²) in [6, 6.07) is 19.9. The molecule has 0 spiro atoms. The van der Waals surface area contributed by atoms with Crippen molar-refractivity contribution in [1.29, 1.82) is 0 Å². The van der Waals surface area contributed by atoms with Crippen molar-refractivity contribution in [2.24, 2.45) is 0 Å². The monoisotopic (exact) mass is 480 g/mol. The van der Waals surface area contributed by atoms with E-state index in [9.17, 15) is 9.59 Å². The van der Waals surface area contributed by atoms with Gasteiger partial charge in [0, 0.05) is 11.8 Å². The smallest absolute Gasteiger partial charge is 0.267 e. The molecule has 176 valence electrons. The predicted octanol–water partition coefficient (Wildman–Crippen LogP) is 4.86. The summed E-state index contributed by atoms with van der Waals surface area (Å²) in [5.41, 5.74) is 2.26. The van der Waals surface area contributed by atoms with Crippen molar-refractivity contribution in [3.8, 4) is 17.2 Å². The van der Waals surface area contributed by atoms with Gasteiger partial charge < -0.3 is 24.4 Å². The summed E-state index contributed by atoms with van der Waals surface area (Å²) in [5, 5.41) is 3.21. The molecule has 0 aromatic heterocycles. The number of halogens is 1. The summed E-state index contributed by atoms with van der Waals surface area (Å²) in [4.78, 5) is 26.7. The van der Waals surface area contributed by atoms with Crippen molar-refractivity contribution in [2.45, 2.75) is 20.0 Å². The van der Waals surface area contributed by atoms with Crippen molar-refractivity contribution in [2.75, 3.05) is 30.0 Å². The van der Waals surface area contributed by atoms with Gasteiger partial charge >= 0.3 is 0 Å². The van der Waals surface area contributed by atoms with E-state index in [1.807, 2.05) is 31.2 Å². The Hall–Kier alpha value is -3.71. The number of ether oxygens (including phenoxy) is 3. The van der Waals surface area contributed by atoms with Crippen LogP contribution < -0.4 is 24.4 Å². The topological polar surface area (TPSA) is 77.1 Å². The highest BCUT2D eigenvalue weighted by atomic mass is 35.5. The molecule has 4 rings (SSSR count). The number of amides is 2.